The highest BCUT2D eigenvalue weighted by Gasteiger charge is 2.50. The number of aromatic nitrogens is 2. The molecule has 1 aliphatic carbocycles. The quantitative estimate of drug-likeness (QED) is 0.857. The van der Waals surface area contributed by atoms with Gasteiger partial charge in [0.25, 0.3) is 0 Å². The van der Waals surface area contributed by atoms with E-state index in [4.69, 9.17) is 0 Å². The minimum absolute atomic E-state index is 0.218. The monoisotopic (exact) mass is 298 g/mol. The van der Waals surface area contributed by atoms with Crippen molar-refractivity contribution in [3.8, 4) is 0 Å². The van der Waals surface area contributed by atoms with E-state index in [-0.39, 0.29) is 11.3 Å². The summed E-state index contributed by atoms with van der Waals surface area (Å²) >= 11 is 3.55. The van der Waals surface area contributed by atoms with E-state index in [2.05, 4.69) is 41.8 Å². The largest absolute Gasteiger partial charge is 0.299 e. The molecule has 0 aromatic carbocycles. The summed E-state index contributed by atoms with van der Waals surface area (Å²) in [7, 11) is 1.91. The number of rotatable bonds is 4. The lowest BCUT2D eigenvalue weighted by molar-refractivity contribution is -0.120. The second-order valence-corrected chi connectivity index (χ2v) is 6.37. The van der Waals surface area contributed by atoms with E-state index in [0.29, 0.717) is 12.2 Å². The molecule has 1 unspecified atom stereocenters. The molecule has 1 aromatic rings. The van der Waals surface area contributed by atoms with Crippen LogP contribution >= 0.6 is 15.9 Å². The van der Waals surface area contributed by atoms with Gasteiger partial charge >= 0.3 is 0 Å². The van der Waals surface area contributed by atoms with Crippen molar-refractivity contribution in [3.63, 3.8) is 0 Å². The molecule has 1 atom stereocenters. The highest BCUT2D eigenvalue weighted by atomic mass is 79.9. The molecule has 0 radical (unpaired) electrons. The predicted molar refractivity (Wildman–Crippen MR) is 70.9 cm³/mol. The fourth-order valence-electron chi connectivity index (χ4n) is 2.32. The molecule has 3 nitrogen and oxygen atoms in total. The van der Waals surface area contributed by atoms with E-state index >= 15 is 0 Å². The van der Waals surface area contributed by atoms with E-state index in [9.17, 15) is 4.79 Å². The Morgan fingerprint density at radius 2 is 2.18 bits per heavy atom. The van der Waals surface area contributed by atoms with Crippen LogP contribution in [0.2, 0.25) is 0 Å². The molecule has 0 N–H and O–H groups in total. The molecule has 2 rings (SSSR count). The number of nitrogens with zero attached hydrogens (tertiary/aromatic N) is 2. The van der Waals surface area contributed by atoms with Crippen molar-refractivity contribution >= 4 is 21.7 Å². The van der Waals surface area contributed by atoms with E-state index in [0.717, 1.165) is 28.7 Å². The van der Waals surface area contributed by atoms with Crippen molar-refractivity contribution in [2.24, 2.45) is 18.4 Å². The summed E-state index contributed by atoms with van der Waals surface area (Å²) < 4.78 is 2.84. The molecular weight excluding hydrogens is 280 g/mol. The normalized spacial score (nSPS) is 21.6. The molecule has 1 fully saturated rings. The van der Waals surface area contributed by atoms with Crippen molar-refractivity contribution in [1.29, 1.82) is 0 Å². The highest BCUT2D eigenvalue weighted by molar-refractivity contribution is 9.10. The summed E-state index contributed by atoms with van der Waals surface area (Å²) in [6, 6.07) is 0. The second kappa shape index (κ2) is 4.23. The number of Topliss-reactive ketones (excluding diaryl/α,β-unsaturated/α-hetero) is 1. The topological polar surface area (TPSA) is 34.9 Å². The van der Waals surface area contributed by atoms with Gasteiger partial charge in [0, 0.05) is 19.4 Å². The molecule has 1 aliphatic rings. The zero-order valence-corrected chi connectivity index (χ0v) is 12.5. The molecule has 1 saturated carbocycles. The summed E-state index contributed by atoms with van der Waals surface area (Å²) in [6.07, 6.45) is 2.41. The number of aryl methyl sites for hydroxylation is 2. The highest BCUT2D eigenvalue weighted by Crippen LogP contribution is 2.52. The molecule has 0 amide bonds. The minimum atomic E-state index is 0.218. The lowest BCUT2D eigenvalue weighted by Crippen LogP contribution is -2.12. The van der Waals surface area contributed by atoms with Crippen LogP contribution in [0.4, 0.5) is 0 Å². The van der Waals surface area contributed by atoms with Crippen LogP contribution in [-0.2, 0) is 24.7 Å². The van der Waals surface area contributed by atoms with Gasteiger partial charge in [-0.1, -0.05) is 20.8 Å². The molecule has 1 heterocycles. The van der Waals surface area contributed by atoms with E-state index in [1.54, 1.807) is 0 Å². The number of hydrogen-bond acceptors (Lipinski definition) is 2. The van der Waals surface area contributed by atoms with Crippen LogP contribution in [0.1, 0.15) is 38.6 Å². The minimum Gasteiger partial charge on any atom is -0.299 e. The van der Waals surface area contributed by atoms with E-state index < -0.39 is 0 Å². The Bertz CT molecular complexity index is 462. The van der Waals surface area contributed by atoms with Crippen molar-refractivity contribution < 1.29 is 4.79 Å². The smallest absolute Gasteiger partial charge is 0.142 e. The number of ketones is 1. The van der Waals surface area contributed by atoms with Crippen molar-refractivity contribution in [2.75, 3.05) is 0 Å². The molecule has 0 saturated heterocycles. The summed E-state index contributed by atoms with van der Waals surface area (Å²) in [5.41, 5.74) is 2.26. The molecule has 1 aromatic heterocycles. The molecule has 94 valence electrons. The second-order valence-electron chi connectivity index (χ2n) is 5.57. The summed E-state index contributed by atoms with van der Waals surface area (Å²) in [5.74, 6) is 0.593. The fourth-order valence-corrected chi connectivity index (χ4v) is 3.07. The van der Waals surface area contributed by atoms with E-state index in [1.165, 1.54) is 0 Å². The molecule has 0 spiro atoms. The first-order chi connectivity index (χ1) is 7.86. The average molecular weight is 299 g/mol. The lowest BCUT2D eigenvalue weighted by atomic mass is 10.0. The fraction of sp³-hybridized carbons (Fsp3) is 0.692. The Morgan fingerprint density at radius 3 is 2.59 bits per heavy atom. The Morgan fingerprint density at radius 1 is 1.59 bits per heavy atom. The van der Waals surface area contributed by atoms with Gasteiger partial charge in [0.2, 0.25) is 0 Å². The molecule has 0 bridgehead atoms. The van der Waals surface area contributed by atoms with E-state index in [1.807, 2.05) is 11.7 Å². The number of carbonyl (C=O) groups excluding carboxylic acids is 1. The first kappa shape index (κ1) is 12.8. The zero-order chi connectivity index (χ0) is 12.8. The van der Waals surface area contributed by atoms with Gasteiger partial charge in [-0.3, -0.25) is 9.48 Å². The SMILES string of the molecule is CCc1nn(C)c(CC(=O)C2CC2(C)C)c1Br. The Kier molecular flexibility index (Phi) is 3.19. The van der Waals surface area contributed by atoms with Crippen molar-refractivity contribution in [1.82, 2.24) is 9.78 Å². The van der Waals surface area contributed by atoms with Gasteiger partial charge in [-0.15, -0.1) is 0 Å². The third-order valence-corrected chi connectivity index (χ3v) is 4.66. The van der Waals surface area contributed by atoms with Crippen molar-refractivity contribution in [2.45, 2.75) is 40.0 Å². The van der Waals surface area contributed by atoms with Crippen LogP contribution in [0.5, 0.6) is 0 Å². The Labute approximate surface area is 111 Å². The van der Waals surface area contributed by atoms with Gasteiger partial charge < -0.3 is 0 Å². The van der Waals surface area contributed by atoms with Crippen molar-refractivity contribution in [3.05, 3.63) is 15.9 Å². The van der Waals surface area contributed by atoms with Crippen LogP contribution in [0.25, 0.3) is 0 Å². The van der Waals surface area contributed by atoms with Crippen LogP contribution in [0, 0.1) is 11.3 Å². The number of carbonyl (C=O) groups is 1. The summed E-state index contributed by atoms with van der Waals surface area (Å²) in [4.78, 5) is 12.1. The average Bonchev–Trinajstić information content (AvgIpc) is 2.81. The van der Waals surface area contributed by atoms with Gasteiger partial charge in [0.05, 0.1) is 15.9 Å². The molecule has 17 heavy (non-hydrogen) atoms. The maximum absolute atomic E-state index is 12.1. The maximum atomic E-state index is 12.1. The number of hydrogen-bond donors (Lipinski definition) is 0. The first-order valence-electron chi connectivity index (χ1n) is 6.09. The van der Waals surface area contributed by atoms with Gasteiger partial charge in [-0.05, 0) is 34.2 Å². The van der Waals surface area contributed by atoms with Gasteiger partial charge in [-0.25, -0.2) is 0 Å². The van der Waals surface area contributed by atoms with Gasteiger partial charge in [0.1, 0.15) is 5.78 Å². The van der Waals surface area contributed by atoms with Crippen LogP contribution < -0.4 is 0 Å². The van der Waals surface area contributed by atoms with Crippen LogP contribution in [0.15, 0.2) is 4.47 Å². The first-order valence-corrected chi connectivity index (χ1v) is 6.89. The van der Waals surface area contributed by atoms with Gasteiger partial charge in [-0.2, -0.15) is 5.10 Å². The molecule has 4 heteroatoms. The van der Waals surface area contributed by atoms with Gasteiger partial charge in [0.15, 0.2) is 0 Å². The van der Waals surface area contributed by atoms with Crippen LogP contribution in [0.3, 0.4) is 0 Å². The Hall–Kier alpha value is -0.640. The standard InChI is InChI=1S/C13H19BrN2O/c1-5-9-12(14)10(16(4)15-9)6-11(17)8-7-13(8,2)3/h8H,5-7H2,1-4H3. The predicted octanol–water partition coefficient (Wildman–Crippen LogP) is 2.90. The zero-order valence-electron chi connectivity index (χ0n) is 10.9. The molecular formula is C13H19BrN2O. The third kappa shape index (κ3) is 2.32. The van der Waals surface area contributed by atoms with Crippen LogP contribution in [-0.4, -0.2) is 15.6 Å². The lowest BCUT2D eigenvalue weighted by Gasteiger charge is -2.04. The summed E-state index contributed by atoms with van der Waals surface area (Å²) in [6.45, 7) is 6.39. The maximum Gasteiger partial charge on any atom is 0.142 e. The molecule has 0 aliphatic heterocycles. The third-order valence-electron chi connectivity index (χ3n) is 3.75. The number of halogens is 1. The Balaban J connectivity index is 2.14. The summed E-state index contributed by atoms with van der Waals surface area (Å²) in [5, 5.41) is 4.42.